The molecule has 0 spiro atoms. The summed E-state index contributed by atoms with van der Waals surface area (Å²) < 4.78 is 38.6. The number of alkyl halides is 3. The number of thiophene rings is 1. The van der Waals surface area contributed by atoms with Crippen molar-refractivity contribution in [3.63, 3.8) is 0 Å². The van der Waals surface area contributed by atoms with Crippen molar-refractivity contribution >= 4 is 17.1 Å². The predicted molar refractivity (Wildman–Crippen MR) is 61.5 cm³/mol. The van der Waals surface area contributed by atoms with Crippen LogP contribution in [0.2, 0.25) is 0 Å². The lowest BCUT2D eigenvalue weighted by Gasteiger charge is -2.04. The van der Waals surface area contributed by atoms with E-state index in [0.29, 0.717) is 9.75 Å². The number of aryl methyl sites for hydroxylation is 1. The Kier molecular flexibility index (Phi) is 3.02. The number of carbonyl (C=O) groups is 1. The van der Waals surface area contributed by atoms with E-state index in [1.54, 1.807) is 12.1 Å². The maximum atomic E-state index is 12.6. The molecular formula is C11H9F3N2OS. The van der Waals surface area contributed by atoms with E-state index in [9.17, 15) is 18.0 Å². The summed E-state index contributed by atoms with van der Waals surface area (Å²) in [6, 6.07) is 4.17. The van der Waals surface area contributed by atoms with Crippen LogP contribution in [0.15, 0.2) is 18.2 Å². The van der Waals surface area contributed by atoms with E-state index in [1.807, 2.05) is 0 Å². The molecule has 0 N–H and O–H groups in total. The Labute approximate surface area is 105 Å². The largest absolute Gasteiger partial charge is 0.433 e. The minimum atomic E-state index is -4.43. The lowest BCUT2D eigenvalue weighted by Crippen LogP contribution is -2.11. The number of hydrogen-bond acceptors (Lipinski definition) is 3. The summed E-state index contributed by atoms with van der Waals surface area (Å²) in [6.45, 7) is 1.41. The molecule has 0 atom stereocenters. The van der Waals surface area contributed by atoms with Crippen molar-refractivity contribution in [1.29, 1.82) is 0 Å². The van der Waals surface area contributed by atoms with Gasteiger partial charge in [-0.3, -0.25) is 9.48 Å². The molecule has 2 aromatic heterocycles. The second-order valence-electron chi connectivity index (χ2n) is 3.76. The average Bonchev–Trinajstić information content (AvgIpc) is 2.81. The van der Waals surface area contributed by atoms with Crippen LogP contribution in [0.1, 0.15) is 22.3 Å². The lowest BCUT2D eigenvalue weighted by molar-refractivity contribution is -0.143. The molecule has 7 heteroatoms. The van der Waals surface area contributed by atoms with Crippen LogP contribution in [-0.4, -0.2) is 15.6 Å². The first-order valence-corrected chi connectivity index (χ1v) is 5.83. The number of Topliss-reactive ketones (excluding diaryl/α,β-unsaturated/α-hetero) is 1. The molecule has 2 aromatic rings. The standard InChI is InChI=1S/C11H9F3N2OS/c1-6(17)8-3-4-9(18-8)7-5-10(11(12,13)14)16(2)15-7/h3-5H,1-2H3. The molecule has 2 rings (SSSR count). The quantitative estimate of drug-likeness (QED) is 0.787. The van der Waals surface area contributed by atoms with Gasteiger partial charge in [-0.1, -0.05) is 0 Å². The maximum Gasteiger partial charge on any atom is 0.433 e. The molecule has 0 saturated heterocycles. The summed E-state index contributed by atoms with van der Waals surface area (Å²) >= 11 is 1.13. The highest BCUT2D eigenvalue weighted by molar-refractivity contribution is 7.17. The second-order valence-corrected chi connectivity index (χ2v) is 4.84. The van der Waals surface area contributed by atoms with Crippen molar-refractivity contribution in [2.45, 2.75) is 13.1 Å². The predicted octanol–water partition coefficient (Wildman–Crippen LogP) is 3.37. The fourth-order valence-corrected chi connectivity index (χ4v) is 2.37. The molecular weight excluding hydrogens is 265 g/mol. The van der Waals surface area contributed by atoms with Gasteiger partial charge < -0.3 is 0 Å². The third kappa shape index (κ3) is 2.31. The normalized spacial score (nSPS) is 11.8. The van der Waals surface area contributed by atoms with Crippen molar-refractivity contribution in [3.05, 3.63) is 28.8 Å². The summed E-state index contributed by atoms with van der Waals surface area (Å²) in [5.41, 5.74) is -0.586. The minimum Gasteiger partial charge on any atom is -0.294 e. The topological polar surface area (TPSA) is 34.9 Å². The highest BCUT2D eigenvalue weighted by Crippen LogP contribution is 2.34. The first kappa shape index (κ1) is 12.8. The molecule has 18 heavy (non-hydrogen) atoms. The summed E-state index contributed by atoms with van der Waals surface area (Å²) in [4.78, 5) is 12.2. The highest BCUT2D eigenvalue weighted by Gasteiger charge is 2.35. The second kappa shape index (κ2) is 4.24. The van der Waals surface area contributed by atoms with Crippen LogP contribution >= 0.6 is 11.3 Å². The van der Waals surface area contributed by atoms with Gasteiger partial charge in [0.1, 0.15) is 11.4 Å². The molecule has 0 fully saturated rings. The number of ketones is 1. The monoisotopic (exact) mass is 274 g/mol. The van der Waals surface area contributed by atoms with Crippen molar-refractivity contribution in [1.82, 2.24) is 9.78 Å². The zero-order valence-corrected chi connectivity index (χ0v) is 10.4. The van der Waals surface area contributed by atoms with Crippen molar-refractivity contribution in [2.75, 3.05) is 0 Å². The van der Waals surface area contributed by atoms with Crippen LogP contribution < -0.4 is 0 Å². The van der Waals surface area contributed by atoms with E-state index < -0.39 is 11.9 Å². The highest BCUT2D eigenvalue weighted by atomic mass is 32.1. The molecule has 0 aliphatic heterocycles. The number of aromatic nitrogens is 2. The van der Waals surface area contributed by atoms with Crippen molar-refractivity contribution in [3.8, 4) is 10.6 Å². The first-order chi connectivity index (χ1) is 8.29. The summed E-state index contributed by atoms with van der Waals surface area (Å²) in [5, 5.41) is 3.82. The van der Waals surface area contributed by atoms with Gasteiger partial charge in [0.2, 0.25) is 0 Å². The zero-order valence-electron chi connectivity index (χ0n) is 9.58. The Hall–Kier alpha value is -1.63. The van der Waals surface area contributed by atoms with Crippen molar-refractivity contribution < 1.29 is 18.0 Å². The molecule has 0 aliphatic carbocycles. The Morgan fingerprint density at radius 1 is 1.39 bits per heavy atom. The van der Waals surface area contributed by atoms with Crippen LogP contribution in [0.5, 0.6) is 0 Å². The Balaban J connectivity index is 2.42. The van der Waals surface area contributed by atoms with Gasteiger partial charge in [-0.2, -0.15) is 18.3 Å². The van der Waals surface area contributed by atoms with Gasteiger partial charge in [-0.05, 0) is 25.1 Å². The van der Waals surface area contributed by atoms with Crippen LogP contribution in [0.3, 0.4) is 0 Å². The number of hydrogen-bond donors (Lipinski definition) is 0. The van der Waals surface area contributed by atoms with E-state index in [-0.39, 0.29) is 11.5 Å². The Morgan fingerprint density at radius 3 is 2.50 bits per heavy atom. The molecule has 2 heterocycles. The third-order valence-corrected chi connectivity index (χ3v) is 3.58. The van der Waals surface area contributed by atoms with Crippen molar-refractivity contribution in [2.24, 2.45) is 7.05 Å². The SMILES string of the molecule is CC(=O)c1ccc(-c2cc(C(F)(F)F)n(C)n2)s1. The number of carbonyl (C=O) groups excluding carboxylic acids is 1. The molecule has 0 aliphatic rings. The fourth-order valence-electron chi connectivity index (χ4n) is 1.52. The third-order valence-electron chi connectivity index (χ3n) is 2.38. The number of nitrogens with zero attached hydrogens (tertiary/aromatic N) is 2. The molecule has 3 nitrogen and oxygen atoms in total. The molecule has 0 amide bonds. The molecule has 0 bridgehead atoms. The van der Waals surface area contributed by atoms with E-state index >= 15 is 0 Å². The van der Waals surface area contributed by atoms with Gasteiger partial charge in [0.05, 0.1) is 9.75 Å². The van der Waals surface area contributed by atoms with Crippen LogP contribution in [0, 0.1) is 0 Å². The number of rotatable bonds is 2. The minimum absolute atomic E-state index is 0.113. The van der Waals surface area contributed by atoms with Gasteiger partial charge in [-0.25, -0.2) is 0 Å². The van der Waals surface area contributed by atoms with E-state index in [2.05, 4.69) is 5.10 Å². The van der Waals surface area contributed by atoms with E-state index in [1.165, 1.54) is 14.0 Å². The smallest absolute Gasteiger partial charge is 0.294 e. The summed E-state index contributed by atoms with van der Waals surface area (Å²) in [5.74, 6) is -0.113. The fraction of sp³-hybridized carbons (Fsp3) is 0.273. The summed E-state index contributed by atoms with van der Waals surface area (Å²) in [6.07, 6.45) is -4.43. The molecule has 0 unspecified atom stereocenters. The lowest BCUT2D eigenvalue weighted by atomic mass is 10.3. The van der Waals surface area contributed by atoms with Gasteiger partial charge in [0, 0.05) is 7.05 Å². The van der Waals surface area contributed by atoms with Crippen LogP contribution in [-0.2, 0) is 13.2 Å². The van der Waals surface area contributed by atoms with E-state index in [0.717, 1.165) is 22.1 Å². The van der Waals surface area contributed by atoms with Gasteiger partial charge in [0.25, 0.3) is 0 Å². The van der Waals surface area contributed by atoms with Crippen LogP contribution in [0.25, 0.3) is 10.6 Å². The van der Waals surface area contributed by atoms with E-state index in [4.69, 9.17) is 0 Å². The zero-order chi connectivity index (χ0) is 13.5. The van der Waals surface area contributed by atoms with Gasteiger partial charge in [0.15, 0.2) is 5.78 Å². The summed E-state index contributed by atoms with van der Waals surface area (Å²) in [7, 11) is 1.24. The molecule has 0 aromatic carbocycles. The molecule has 0 radical (unpaired) electrons. The average molecular weight is 274 g/mol. The van der Waals surface area contributed by atoms with Crippen LogP contribution in [0.4, 0.5) is 13.2 Å². The van der Waals surface area contributed by atoms with Gasteiger partial charge in [-0.15, -0.1) is 11.3 Å². The first-order valence-electron chi connectivity index (χ1n) is 5.01. The number of halogens is 3. The maximum absolute atomic E-state index is 12.6. The Morgan fingerprint density at radius 2 is 2.06 bits per heavy atom. The molecule has 0 saturated carbocycles. The molecule has 96 valence electrons. The van der Waals surface area contributed by atoms with Gasteiger partial charge >= 0.3 is 6.18 Å². The Bertz CT molecular complexity index is 598.